The number of rotatable bonds is 6. The number of hydrogen-bond acceptors (Lipinski definition) is 7. The van der Waals surface area contributed by atoms with Crippen LogP contribution in [0.25, 0.3) is 6.08 Å². The van der Waals surface area contributed by atoms with Gasteiger partial charge in [-0.15, -0.1) is 0 Å². The third kappa shape index (κ3) is 5.07. The van der Waals surface area contributed by atoms with Crippen molar-refractivity contribution in [3.63, 3.8) is 0 Å². The van der Waals surface area contributed by atoms with Crippen LogP contribution in [-0.2, 0) is 14.3 Å². The number of amides is 1. The van der Waals surface area contributed by atoms with Crippen LogP contribution < -0.4 is 14.8 Å². The summed E-state index contributed by atoms with van der Waals surface area (Å²) in [6, 6.07) is 5.31. The Bertz CT molecular complexity index is 770. The van der Waals surface area contributed by atoms with Crippen molar-refractivity contribution in [2.75, 3.05) is 20.8 Å². The fourth-order valence-corrected chi connectivity index (χ4v) is 3.02. The van der Waals surface area contributed by atoms with Gasteiger partial charge in [-0.05, 0) is 30.2 Å². The van der Waals surface area contributed by atoms with E-state index in [4.69, 9.17) is 21.7 Å². The number of allylic oxidation sites excluding steroid dienone is 2. The van der Waals surface area contributed by atoms with E-state index in [0.717, 1.165) is 11.1 Å². The maximum Gasteiger partial charge on any atom is 0.343 e. The largest absolute Gasteiger partial charge is 0.493 e. The number of ether oxygens (including phenoxy) is 3. The highest BCUT2D eigenvalue weighted by atomic mass is 32.2. The number of hydrogen-bond donors (Lipinski definition) is 1. The van der Waals surface area contributed by atoms with E-state index in [1.54, 1.807) is 12.1 Å². The average Bonchev–Trinajstić information content (AvgIpc) is 2.95. The fourth-order valence-electron chi connectivity index (χ4n) is 1.98. The van der Waals surface area contributed by atoms with Crippen molar-refractivity contribution < 1.29 is 23.8 Å². The molecule has 0 aromatic heterocycles. The normalized spacial score (nSPS) is 16.0. The Hall–Kier alpha value is -2.32. The molecular weight excluding hydrogens is 362 g/mol. The van der Waals surface area contributed by atoms with Gasteiger partial charge in [0.15, 0.2) is 18.1 Å². The monoisotopic (exact) mass is 379 g/mol. The van der Waals surface area contributed by atoms with Crippen LogP contribution in [0.2, 0.25) is 0 Å². The molecule has 1 fully saturated rings. The maximum atomic E-state index is 11.8. The van der Waals surface area contributed by atoms with Crippen molar-refractivity contribution in [3.05, 3.63) is 40.3 Å². The predicted octanol–water partition coefficient (Wildman–Crippen LogP) is 2.68. The third-order valence-electron chi connectivity index (χ3n) is 3.26. The second kappa shape index (κ2) is 8.68. The number of nitrogens with one attached hydrogen (secondary N) is 1. The molecule has 0 bridgehead atoms. The molecule has 0 aliphatic carbocycles. The molecule has 1 aromatic rings. The Labute approximate surface area is 155 Å². The van der Waals surface area contributed by atoms with Crippen molar-refractivity contribution >= 4 is 46.3 Å². The molecule has 0 spiro atoms. The second-order valence-electron chi connectivity index (χ2n) is 4.96. The summed E-state index contributed by atoms with van der Waals surface area (Å²) in [7, 11) is 2.81. The minimum Gasteiger partial charge on any atom is -0.493 e. The molecule has 1 aliphatic heterocycles. The van der Waals surface area contributed by atoms with Crippen molar-refractivity contribution in [3.8, 4) is 11.5 Å². The van der Waals surface area contributed by atoms with Crippen LogP contribution in [-0.4, -0.2) is 37.0 Å². The van der Waals surface area contributed by atoms with Gasteiger partial charge in [0.25, 0.3) is 5.91 Å². The van der Waals surface area contributed by atoms with Crippen LogP contribution in [0, 0.1) is 0 Å². The molecule has 1 aliphatic rings. The van der Waals surface area contributed by atoms with E-state index in [9.17, 15) is 9.59 Å². The quantitative estimate of drug-likeness (QED) is 0.463. The van der Waals surface area contributed by atoms with Gasteiger partial charge in [0.05, 0.1) is 19.1 Å². The van der Waals surface area contributed by atoms with Crippen molar-refractivity contribution in [1.29, 1.82) is 0 Å². The van der Waals surface area contributed by atoms with Crippen molar-refractivity contribution in [2.45, 2.75) is 6.92 Å². The van der Waals surface area contributed by atoms with Crippen molar-refractivity contribution in [1.82, 2.24) is 5.32 Å². The van der Waals surface area contributed by atoms with Gasteiger partial charge in [0, 0.05) is 0 Å². The lowest BCUT2D eigenvalue weighted by Gasteiger charge is -2.10. The molecule has 1 amide bonds. The molecule has 1 N–H and O–H groups in total. The van der Waals surface area contributed by atoms with Gasteiger partial charge in [-0.2, -0.15) is 0 Å². The molecule has 2 rings (SSSR count). The Kier molecular flexibility index (Phi) is 6.60. The molecular formula is C17H17NO5S2. The van der Waals surface area contributed by atoms with Gasteiger partial charge in [-0.1, -0.05) is 42.2 Å². The van der Waals surface area contributed by atoms with Crippen molar-refractivity contribution in [2.24, 2.45) is 0 Å². The lowest BCUT2D eigenvalue weighted by atomic mass is 10.1. The van der Waals surface area contributed by atoms with Gasteiger partial charge < -0.3 is 19.5 Å². The topological polar surface area (TPSA) is 73.9 Å². The molecule has 25 heavy (non-hydrogen) atoms. The van der Waals surface area contributed by atoms with Gasteiger partial charge in [-0.25, -0.2) is 4.79 Å². The van der Waals surface area contributed by atoms with E-state index in [1.807, 2.05) is 25.1 Å². The van der Waals surface area contributed by atoms with E-state index in [0.29, 0.717) is 20.7 Å². The molecule has 0 unspecified atom stereocenters. The smallest absolute Gasteiger partial charge is 0.343 e. The van der Waals surface area contributed by atoms with Crippen LogP contribution in [0.15, 0.2) is 34.8 Å². The molecule has 1 saturated heterocycles. The number of esters is 1. The Morgan fingerprint density at radius 2 is 2.08 bits per heavy atom. The molecule has 1 aromatic carbocycles. The number of carbonyl (C=O) groups is 2. The summed E-state index contributed by atoms with van der Waals surface area (Å²) < 4.78 is 15.7. The highest BCUT2D eigenvalue weighted by molar-refractivity contribution is 8.26. The van der Waals surface area contributed by atoms with Crippen LogP contribution in [0.5, 0.6) is 11.5 Å². The summed E-state index contributed by atoms with van der Waals surface area (Å²) in [5.41, 5.74) is 1.63. The van der Waals surface area contributed by atoms with Gasteiger partial charge in [-0.3, -0.25) is 4.79 Å². The van der Waals surface area contributed by atoms with Crippen LogP contribution in [0.1, 0.15) is 12.5 Å². The number of methoxy groups -OCH3 is 2. The summed E-state index contributed by atoms with van der Waals surface area (Å²) >= 11 is 6.22. The molecule has 1 heterocycles. The van der Waals surface area contributed by atoms with E-state index < -0.39 is 5.97 Å². The summed E-state index contributed by atoms with van der Waals surface area (Å²) in [6.45, 7) is 1.63. The molecule has 6 nitrogen and oxygen atoms in total. The van der Waals surface area contributed by atoms with Gasteiger partial charge in [0.1, 0.15) is 4.32 Å². The predicted molar refractivity (Wildman–Crippen MR) is 101 cm³/mol. The molecule has 0 radical (unpaired) electrons. The number of carbonyl (C=O) groups excluding carboxylic acids is 2. The first kappa shape index (κ1) is 19.0. The molecule has 132 valence electrons. The minimum absolute atomic E-state index is 0.186. The highest BCUT2D eigenvalue weighted by Gasteiger charge is 2.23. The summed E-state index contributed by atoms with van der Waals surface area (Å²) in [5, 5.41) is 2.59. The van der Waals surface area contributed by atoms with E-state index in [-0.39, 0.29) is 12.5 Å². The first-order chi connectivity index (χ1) is 11.9. The average molecular weight is 379 g/mol. The Morgan fingerprint density at radius 3 is 2.68 bits per heavy atom. The standard InChI is InChI=1S/C17H17NO5S2/c1-10(15-16(20)18-17(24)25-15)4-5-11-6-7-12(21-2)13(8-11)23-9-14(19)22-3/h4-8H,9H2,1-3H3,(H,18,20,24). The zero-order valence-electron chi connectivity index (χ0n) is 14.0. The number of thioether (sulfide) groups is 1. The van der Waals surface area contributed by atoms with Crippen LogP contribution in [0.4, 0.5) is 0 Å². The molecule has 0 saturated carbocycles. The highest BCUT2D eigenvalue weighted by Crippen LogP contribution is 2.30. The van der Waals surface area contributed by atoms with E-state index in [1.165, 1.54) is 26.0 Å². The van der Waals surface area contributed by atoms with Crippen LogP contribution >= 0.6 is 24.0 Å². The zero-order chi connectivity index (χ0) is 18.4. The lowest BCUT2D eigenvalue weighted by Crippen LogP contribution is -2.18. The number of benzene rings is 1. The first-order valence-electron chi connectivity index (χ1n) is 7.24. The fraction of sp³-hybridized carbons (Fsp3) is 0.235. The van der Waals surface area contributed by atoms with Gasteiger partial charge in [0.2, 0.25) is 0 Å². The Balaban J connectivity index is 2.19. The van der Waals surface area contributed by atoms with E-state index in [2.05, 4.69) is 10.1 Å². The SMILES string of the molecule is COC(=O)COc1cc(C=CC(C)=C2SC(=S)NC2=O)ccc1OC. The molecule has 8 heteroatoms. The maximum absolute atomic E-state index is 11.8. The van der Waals surface area contributed by atoms with E-state index >= 15 is 0 Å². The summed E-state index contributed by atoms with van der Waals surface area (Å²) in [5.74, 6) is 0.263. The third-order valence-corrected chi connectivity index (χ3v) is 4.61. The lowest BCUT2D eigenvalue weighted by molar-refractivity contribution is -0.142. The van der Waals surface area contributed by atoms with Crippen LogP contribution in [0.3, 0.4) is 0 Å². The minimum atomic E-state index is -0.483. The Morgan fingerprint density at radius 1 is 1.32 bits per heavy atom. The molecule has 0 atom stereocenters. The number of thiocarbonyl (C=S) groups is 1. The van der Waals surface area contributed by atoms with Gasteiger partial charge >= 0.3 is 5.97 Å². The first-order valence-corrected chi connectivity index (χ1v) is 8.47. The summed E-state index contributed by atoms with van der Waals surface area (Å²) in [4.78, 5) is 23.6. The summed E-state index contributed by atoms with van der Waals surface area (Å²) in [6.07, 6.45) is 3.66. The second-order valence-corrected chi connectivity index (χ2v) is 6.65. The zero-order valence-corrected chi connectivity index (χ0v) is 15.6.